The summed E-state index contributed by atoms with van der Waals surface area (Å²) < 4.78 is 1.81. The van der Waals surface area contributed by atoms with Crippen molar-refractivity contribution in [3.8, 4) is 16.8 Å². The molecule has 5 aromatic rings. The molecule has 5 rings (SSSR count). The van der Waals surface area contributed by atoms with Crippen LogP contribution in [0.15, 0.2) is 89.7 Å². The van der Waals surface area contributed by atoms with Crippen molar-refractivity contribution < 1.29 is 0 Å². The summed E-state index contributed by atoms with van der Waals surface area (Å²) in [4.78, 5) is 16.8. The maximum absolute atomic E-state index is 13.4. The lowest BCUT2D eigenvalue weighted by molar-refractivity contribution is 0.950. The van der Waals surface area contributed by atoms with Gasteiger partial charge < -0.3 is 4.98 Å². The number of nitrogens with one attached hydrogen (secondary N) is 1. The normalized spacial score (nSPS) is 11.3. The minimum absolute atomic E-state index is 0.0235. The van der Waals surface area contributed by atoms with Crippen molar-refractivity contribution in [2.45, 2.75) is 6.92 Å². The van der Waals surface area contributed by atoms with Gasteiger partial charge in [-0.15, -0.1) is 0 Å². The van der Waals surface area contributed by atoms with Crippen molar-refractivity contribution >= 4 is 21.8 Å². The first kappa shape index (κ1) is 15.6. The van der Waals surface area contributed by atoms with Gasteiger partial charge in [0.15, 0.2) is 0 Å². The number of hydrogen-bond acceptors (Lipinski definition) is 1. The van der Waals surface area contributed by atoms with Gasteiger partial charge in [-0.1, -0.05) is 66.7 Å². The molecule has 0 aliphatic carbocycles. The molecule has 0 aliphatic heterocycles. The molecule has 0 unspecified atom stereocenters. The molecule has 3 nitrogen and oxygen atoms in total. The average molecular weight is 350 g/mol. The fourth-order valence-electron chi connectivity index (χ4n) is 3.96. The molecular formula is C24H18N2O. The summed E-state index contributed by atoms with van der Waals surface area (Å²) in [7, 11) is 0. The summed E-state index contributed by atoms with van der Waals surface area (Å²) in [6.45, 7) is 2.03. The van der Waals surface area contributed by atoms with Crippen molar-refractivity contribution in [3.05, 3.63) is 101 Å². The van der Waals surface area contributed by atoms with Crippen molar-refractivity contribution in [1.29, 1.82) is 0 Å². The molecule has 0 radical (unpaired) electrons. The molecule has 0 saturated carbocycles. The highest BCUT2D eigenvalue weighted by Gasteiger charge is 2.19. The monoisotopic (exact) mass is 350 g/mol. The van der Waals surface area contributed by atoms with E-state index in [-0.39, 0.29) is 5.56 Å². The highest BCUT2D eigenvalue weighted by atomic mass is 16.1. The molecule has 1 N–H and O–H groups in total. The quantitative estimate of drug-likeness (QED) is 0.452. The van der Waals surface area contributed by atoms with Crippen LogP contribution in [0.5, 0.6) is 0 Å². The summed E-state index contributed by atoms with van der Waals surface area (Å²) in [6, 6.07) is 28.2. The van der Waals surface area contributed by atoms with Crippen molar-refractivity contribution in [2.24, 2.45) is 0 Å². The van der Waals surface area contributed by atoms with E-state index in [9.17, 15) is 4.79 Å². The predicted octanol–water partition coefficient (Wildman–Crippen LogP) is 5.45. The van der Waals surface area contributed by atoms with Gasteiger partial charge in [0.25, 0.3) is 5.56 Å². The summed E-state index contributed by atoms with van der Waals surface area (Å²) in [6.07, 6.45) is 0. The molecule has 0 saturated heterocycles. The van der Waals surface area contributed by atoms with Crippen LogP contribution >= 0.6 is 0 Å². The van der Waals surface area contributed by atoms with Crippen LogP contribution in [0.4, 0.5) is 0 Å². The Morgan fingerprint density at radius 2 is 1.41 bits per heavy atom. The Labute approximate surface area is 156 Å². The lowest BCUT2D eigenvalue weighted by Crippen LogP contribution is -2.21. The van der Waals surface area contributed by atoms with Crippen LogP contribution in [0.1, 0.15) is 5.69 Å². The van der Waals surface area contributed by atoms with Gasteiger partial charge in [-0.05, 0) is 30.7 Å². The number of pyridine rings is 1. The van der Waals surface area contributed by atoms with Gasteiger partial charge in [0, 0.05) is 33.2 Å². The van der Waals surface area contributed by atoms with E-state index >= 15 is 0 Å². The Morgan fingerprint density at radius 1 is 0.778 bits per heavy atom. The Balaban J connectivity index is 2.03. The third-order valence-corrected chi connectivity index (χ3v) is 5.15. The molecule has 2 heterocycles. The van der Waals surface area contributed by atoms with Gasteiger partial charge in [-0.3, -0.25) is 9.36 Å². The van der Waals surface area contributed by atoms with E-state index in [2.05, 4.69) is 23.2 Å². The minimum Gasteiger partial charge on any atom is -0.350 e. The van der Waals surface area contributed by atoms with Crippen LogP contribution in [-0.4, -0.2) is 9.55 Å². The molecule has 0 aliphatic rings. The standard InChI is InChI=1S/C24H18N2O/c1-16-21(17-10-4-2-5-11-17)22-19-14-8-9-15-20(19)25-23(22)24(27)26(16)18-12-6-3-7-13-18/h2-15,25H,1H3. The van der Waals surface area contributed by atoms with E-state index in [1.807, 2.05) is 73.7 Å². The van der Waals surface area contributed by atoms with E-state index in [1.54, 1.807) is 4.57 Å². The molecule has 3 heteroatoms. The highest BCUT2D eigenvalue weighted by Crippen LogP contribution is 2.35. The maximum atomic E-state index is 13.4. The van der Waals surface area contributed by atoms with Crippen molar-refractivity contribution in [1.82, 2.24) is 9.55 Å². The van der Waals surface area contributed by atoms with E-state index < -0.39 is 0 Å². The zero-order valence-corrected chi connectivity index (χ0v) is 14.9. The van der Waals surface area contributed by atoms with Gasteiger partial charge in [0.1, 0.15) is 5.52 Å². The molecule has 0 fully saturated rings. The van der Waals surface area contributed by atoms with E-state index in [0.717, 1.165) is 38.8 Å². The predicted molar refractivity (Wildman–Crippen MR) is 112 cm³/mol. The summed E-state index contributed by atoms with van der Waals surface area (Å²) in [5.41, 5.74) is 5.61. The lowest BCUT2D eigenvalue weighted by atomic mass is 9.98. The number of fused-ring (bicyclic) bond motifs is 3. The van der Waals surface area contributed by atoms with E-state index in [4.69, 9.17) is 0 Å². The van der Waals surface area contributed by atoms with Gasteiger partial charge >= 0.3 is 0 Å². The molecule has 0 amide bonds. The third kappa shape index (κ3) is 2.32. The van der Waals surface area contributed by atoms with Gasteiger partial charge in [0.2, 0.25) is 0 Å². The molecule has 0 spiro atoms. The smallest absolute Gasteiger partial charge is 0.279 e. The fourth-order valence-corrected chi connectivity index (χ4v) is 3.96. The maximum Gasteiger partial charge on any atom is 0.279 e. The molecule has 130 valence electrons. The second-order valence-electron chi connectivity index (χ2n) is 6.72. The number of aromatic amines is 1. The van der Waals surface area contributed by atoms with E-state index in [0.29, 0.717) is 5.52 Å². The second-order valence-corrected chi connectivity index (χ2v) is 6.72. The third-order valence-electron chi connectivity index (χ3n) is 5.15. The zero-order chi connectivity index (χ0) is 18.4. The Bertz CT molecular complexity index is 1330. The number of aromatic nitrogens is 2. The molecule has 0 bridgehead atoms. The zero-order valence-electron chi connectivity index (χ0n) is 14.9. The number of nitrogens with zero attached hydrogens (tertiary/aromatic N) is 1. The number of H-pyrrole nitrogens is 1. The molecule has 27 heavy (non-hydrogen) atoms. The topological polar surface area (TPSA) is 37.8 Å². The number of benzene rings is 3. The number of rotatable bonds is 2. The van der Waals surface area contributed by atoms with Crippen LogP contribution in [-0.2, 0) is 0 Å². The average Bonchev–Trinajstić information content (AvgIpc) is 3.10. The van der Waals surface area contributed by atoms with Crippen LogP contribution < -0.4 is 5.56 Å². The first-order chi connectivity index (χ1) is 13.3. The largest absolute Gasteiger partial charge is 0.350 e. The first-order valence-corrected chi connectivity index (χ1v) is 9.02. The molecular weight excluding hydrogens is 332 g/mol. The molecule has 0 atom stereocenters. The van der Waals surface area contributed by atoms with Gasteiger partial charge in [-0.2, -0.15) is 0 Å². The molecule has 2 aromatic heterocycles. The SMILES string of the molecule is Cc1c(-c2ccccc2)c2c([nH]c3ccccc32)c(=O)n1-c1ccccc1. The fraction of sp³-hybridized carbons (Fsp3) is 0.0417. The second kappa shape index (κ2) is 5.99. The number of para-hydroxylation sites is 2. The minimum atomic E-state index is -0.0235. The summed E-state index contributed by atoms with van der Waals surface area (Å²) in [5.74, 6) is 0. The van der Waals surface area contributed by atoms with Crippen LogP contribution in [0.25, 0.3) is 38.6 Å². The summed E-state index contributed by atoms with van der Waals surface area (Å²) >= 11 is 0. The Morgan fingerprint density at radius 3 is 2.15 bits per heavy atom. The van der Waals surface area contributed by atoms with Crippen LogP contribution in [0, 0.1) is 6.92 Å². The number of hydrogen-bond donors (Lipinski definition) is 1. The van der Waals surface area contributed by atoms with Crippen molar-refractivity contribution in [2.75, 3.05) is 0 Å². The lowest BCUT2D eigenvalue weighted by Gasteiger charge is -2.16. The Kier molecular flexibility index (Phi) is 3.47. The van der Waals surface area contributed by atoms with E-state index in [1.165, 1.54) is 0 Å². The van der Waals surface area contributed by atoms with Crippen LogP contribution in [0.2, 0.25) is 0 Å². The van der Waals surface area contributed by atoms with Gasteiger partial charge in [0.05, 0.1) is 0 Å². The molecule has 3 aromatic carbocycles. The highest BCUT2D eigenvalue weighted by molar-refractivity contribution is 6.14. The van der Waals surface area contributed by atoms with Crippen molar-refractivity contribution in [3.63, 3.8) is 0 Å². The Hall–Kier alpha value is -3.59. The van der Waals surface area contributed by atoms with Crippen LogP contribution in [0.3, 0.4) is 0 Å². The van der Waals surface area contributed by atoms with Gasteiger partial charge in [-0.25, -0.2) is 0 Å². The first-order valence-electron chi connectivity index (χ1n) is 9.02. The summed E-state index contributed by atoms with van der Waals surface area (Å²) in [5, 5.41) is 2.07.